The number of aryl methyl sites for hydroxylation is 1. The molecule has 9 heteroatoms. The Kier molecular flexibility index (Phi) is 18.5. The van der Waals surface area contributed by atoms with Gasteiger partial charge < -0.3 is 9.47 Å². The number of fused-ring (bicyclic) bond motifs is 2. The van der Waals surface area contributed by atoms with E-state index in [1.54, 1.807) is 5.56 Å². The summed E-state index contributed by atoms with van der Waals surface area (Å²) in [6.07, 6.45) is 19.3. The van der Waals surface area contributed by atoms with Crippen molar-refractivity contribution in [3.8, 4) is 0 Å². The van der Waals surface area contributed by atoms with Crippen LogP contribution in [0.25, 0.3) is 0 Å². The van der Waals surface area contributed by atoms with E-state index in [9.17, 15) is 4.79 Å². The van der Waals surface area contributed by atoms with Crippen LogP contribution in [0.5, 0.6) is 0 Å². The van der Waals surface area contributed by atoms with Gasteiger partial charge in [0, 0.05) is 19.4 Å². The van der Waals surface area contributed by atoms with E-state index in [-0.39, 0.29) is 11.3 Å². The van der Waals surface area contributed by atoms with Gasteiger partial charge in [0.05, 0.1) is 6.51 Å². The molecule has 0 unspecified atom stereocenters. The minimum Gasteiger partial charge on any atom is -0.476 e. The van der Waals surface area contributed by atoms with Gasteiger partial charge in [0.1, 0.15) is 36.4 Å². The van der Waals surface area contributed by atoms with Crippen LogP contribution < -0.4 is 0 Å². The van der Waals surface area contributed by atoms with Crippen LogP contribution in [0.2, 0.25) is 50.6 Å². The minimum atomic E-state index is -0.102. The molecule has 4 fully saturated rings. The quantitative estimate of drug-likeness (QED) is 0.224. The summed E-state index contributed by atoms with van der Waals surface area (Å²) in [5.41, 5.74) is 6.40. The molecule has 0 bridgehead atoms. The van der Waals surface area contributed by atoms with Gasteiger partial charge in [-0.1, -0.05) is 164 Å². The predicted molar refractivity (Wildman–Crippen MR) is 204 cm³/mol. The number of benzene rings is 2. The zero-order chi connectivity index (χ0) is 32.9. The molecule has 3 nitrogen and oxygen atoms in total. The molecule has 0 aromatic heterocycles. The summed E-state index contributed by atoms with van der Waals surface area (Å²) in [6, 6.07) is 17.6. The lowest BCUT2D eigenvalue weighted by atomic mass is 9.41. The number of carbonyl (C=O) groups is 1. The first-order valence-corrected chi connectivity index (χ1v) is 18.1. The van der Waals surface area contributed by atoms with Crippen LogP contribution in [0.15, 0.2) is 48.5 Å². The molecule has 2 aromatic carbocycles. The summed E-state index contributed by atoms with van der Waals surface area (Å²) in [5, 5.41) is 0.242. The molecule has 0 N–H and O–H groups in total. The van der Waals surface area contributed by atoms with Gasteiger partial charge in [-0.05, 0) is 33.8 Å². The van der Waals surface area contributed by atoms with Crippen molar-refractivity contribution >= 4 is 49.6 Å². The van der Waals surface area contributed by atoms with Crippen LogP contribution in [-0.2, 0) is 37.7 Å². The number of esters is 1. The van der Waals surface area contributed by atoms with Crippen LogP contribution in [0.1, 0.15) is 82.1 Å². The molecule has 46 heavy (non-hydrogen) atoms. The number of rotatable bonds is 0. The number of hydrogen-bond acceptors (Lipinski definition) is 3. The van der Waals surface area contributed by atoms with Crippen LogP contribution >= 0.6 is 0 Å². The third-order valence-electron chi connectivity index (χ3n) is 9.33. The van der Waals surface area contributed by atoms with E-state index in [4.69, 9.17) is 4.74 Å². The van der Waals surface area contributed by atoms with E-state index in [2.05, 4.69) is 117 Å². The topological polar surface area (TPSA) is 35.5 Å². The van der Waals surface area contributed by atoms with E-state index < -0.39 is 0 Å². The molecule has 8 rings (SSSR count). The van der Waals surface area contributed by atoms with E-state index in [0.717, 1.165) is 19.4 Å². The van der Waals surface area contributed by atoms with Crippen LogP contribution in [-0.4, -0.2) is 69.3 Å². The van der Waals surface area contributed by atoms with Gasteiger partial charge in [-0.25, -0.2) is 0 Å². The van der Waals surface area contributed by atoms with Crippen molar-refractivity contribution in [3.05, 3.63) is 70.8 Å². The lowest BCUT2D eigenvalue weighted by Gasteiger charge is -2.41. The number of cyclic esters (lactones) is 1. The monoisotopic (exact) mass is 614 g/mol. The van der Waals surface area contributed by atoms with Crippen molar-refractivity contribution in [2.24, 2.45) is 0 Å². The largest absolute Gasteiger partial charge is 0.476 e. The fraction of sp³-hybridized carbons (Fsp3) is 0.649. The lowest BCUT2D eigenvalue weighted by Crippen LogP contribution is -2.39. The number of ether oxygens (including phenoxy) is 2. The van der Waals surface area contributed by atoms with Crippen molar-refractivity contribution in [3.63, 3.8) is 0 Å². The first kappa shape index (κ1) is 38.7. The van der Waals surface area contributed by atoms with Gasteiger partial charge >= 0.3 is 0 Å². The Labute approximate surface area is 287 Å². The predicted octanol–water partition coefficient (Wildman–Crippen LogP) is 7.95. The molecule has 6 heterocycles. The van der Waals surface area contributed by atoms with E-state index in [1.165, 1.54) is 99.5 Å². The highest BCUT2D eigenvalue weighted by Crippen LogP contribution is 2.41. The minimum absolute atomic E-state index is 0.102. The molecule has 0 saturated carbocycles. The van der Waals surface area contributed by atoms with Crippen LogP contribution in [0.3, 0.4) is 0 Å². The molecule has 6 aliphatic heterocycles. The van der Waals surface area contributed by atoms with Crippen LogP contribution in [0, 0.1) is 0 Å². The molecule has 0 spiro atoms. The lowest BCUT2D eigenvalue weighted by molar-refractivity contribution is -0.137. The molecule has 240 valence electrons. The fourth-order valence-electron chi connectivity index (χ4n) is 6.31. The maximum absolute atomic E-state index is 9.99. The maximum Gasteiger partial charge on any atom is 0.297 e. The van der Waals surface area contributed by atoms with Crippen molar-refractivity contribution in [1.29, 1.82) is 0 Å². The summed E-state index contributed by atoms with van der Waals surface area (Å²) in [5.74, 6) is -0.102. The number of hydrogen-bond donors (Lipinski definition) is 0. The molecule has 6 radical (unpaired) electrons. The van der Waals surface area contributed by atoms with Crippen molar-refractivity contribution in [2.45, 2.75) is 134 Å². The fourth-order valence-corrected chi connectivity index (χ4v) is 6.31. The summed E-state index contributed by atoms with van der Waals surface area (Å²) in [4.78, 5) is 9.99. The Morgan fingerprint density at radius 3 is 1.67 bits per heavy atom. The molecule has 0 aliphatic carbocycles. The Balaban J connectivity index is 0.000000158. The molecule has 0 atom stereocenters. The third kappa shape index (κ3) is 15.0. The zero-order valence-electron chi connectivity index (χ0n) is 29.5. The highest BCUT2D eigenvalue weighted by atomic mass is 16.5. The van der Waals surface area contributed by atoms with Crippen molar-refractivity contribution in [1.82, 2.24) is 0 Å². The summed E-state index contributed by atoms with van der Waals surface area (Å²) >= 11 is 0. The van der Waals surface area contributed by atoms with Gasteiger partial charge in [0.25, 0.3) is 5.97 Å². The summed E-state index contributed by atoms with van der Waals surface area (Å²) < 4.78 is 9.35. The van der Waals surface area contributed by atoms with E-state index in [1.807, 2.05) is 7.28 Å². The smallest absolute Gasteiger partial charge is 0.297 e. The normalized spacial score (nSPS) is 20.6. The highest BCUT2D eigenvalue weighted by Gasteiger charge is 2.36. The van der Waals surface area contributed by atoms with Gasteiger partial charge in [0.15, 0.2) is 7.28 Å². The Bertz CT molecular complexity index is 1010. The summed E-state index contributed by atoms with van der Waals surface area (Å²) in [7, 11) is 13.5. The number of carbonyl (C=O) groups excluding carboxylic acids is 1. The molecule has 4 saturated heterocycles. The average Bonchev–Trinajstić information content (AvgIpc) is 3.93. The van der Waals surface area contributed by atoms with E-state index in [0.29, 0.717) is 18.2 Å². The highest BCUT2D eigenvalue weighted by molar-refractivity contribution is 6.43. The van der Waals surface area contributed by atoms with E-state index >= 15 is 0 Å². The molecule has 6 aliphatic rings. The maximum atomic E-state index is 9.99. The Morgan fingerprint density at radius 2 is 1.24 bits per heavy atom. The standard InChI is InChI=1S/C13H18B.C9H10B.C5H10B.C4H8B.C3H4BO2.C3H6BO/c1-12(2)9-14-13(3,4)11-8-6-5-7-10(11)12;1-2-4-9-7-10-6-5-8(9)3-1;1-2-4-6-5-3-1;1-2-4-5-3-1;5-3-1-4-2-6-3;1-2-5-3-4-1/h5-8H,9H2,1-4H3;1-4H,5-7H2;1-5H2;1-4H2;1-2H2;1-3H2. The molecule has 2 aromatic rings. The van der Waals surface area contributed by atoms with Gasteiger partial charge in [-0.15, -0.1) is 0 Å². The van der Waals surface area contributed by atoms with Crippen molar-refractivity contribution < 1.29 is 14.3 Å². The average molecular weight is 614 g/mol. The molecular weight excluding hydrogens is 557 g/mol. The first-order chi connectivity index (χ1) is 22.3. The Morgan fingerprint density at radius 1 is 0.609 bits per heavy atom. The third-order valence-corrected chi connectivity index (χ3v) is 9.33. The summed E-state index contributed by atoms with van der Waals surface area (Å²) in [6.45, 7) is 11.6. The first-order valence-electron chi connectivity index (χ1n) is 18.1. The van der Waals surface area contributed by atoms with Crippen LogP contribution in [0.4, 0.5) is 0 Å². The second-order valence-corrected chi connectivity index (χ2v) is 14.2. The van der Waals surface area contributed by atoms with Gasteiger partial charge in [0.2, 0.25) is 0 Å². The second kappa shape index (κ2) is 22.0. The molecule has 0 amide bonds. The Hall–Kier alpha value is -1.74. The van der Waals surface area contributed by atoms with Gasteiger partial charge in [-0.3, -0.25) is 4.79 Å². The van der Waals surface area contributed by atoms with Gasteiger partial charge in [-0.2, -0.15) is 0 Å². The second-order valence-electron chi connectivity index (χ2n) is 14.2. The SMILES string of the molecule is CC1(C)[B]CC(C)(C)c2ccccc21.O=C1C[B]CO1.[B]1CCCC1.[B]1CCCCC1.[B]1CCOC1.[B]1CCc2ccccc2C1. The molecular formula is C37H56B6O3. The zero-order valence-corrected chi connectivity index (χ0v) is 29.5. The van der Waals surface area contributed by atoms with Crippen molar-refractivity contribution in [2.75, 3.05) is 19.6 Å².